The van der Waals surface area contributed by atoms with Gasteiger partial charge in [-0.2, -0.15) is 0 Å². The lowest BCUT2D eigenvalue weighted by Crippen LogP contribution is -2.63. The van der Waals surface area contributed by atoms with Crippen molar-refractivity contribution in [2.75, 3.05) is 26.2 Å². The van der Waals surface area contributed by atoms with Crippen LogP contribution in [0.5, 0.6) is 5.75 Å². The average Bonchev–Trinajstić information content (AvgIpc) is 3.66. The number of ether oxygens (including phenoxy) is 5. The Hall–Kier alpha value is -3.12. The third-order valence-corrected chi connectivity index (χ3v) is 9.06. The summed E-state index contributed by atoms with van der Waals surface area (Å²) in [5.74, 6) is -0.813. The minimum absolute atomic E-state index is 0.00742. The Bertz CT molecular complexity index is 1330. The molecule has 0 aliphatic carbocycles. The van der Waals surface area contributed by atoms with Crippen LogP contribution in [-0.4, -0.2) is 80.1 Å². The number of alkyl carbamates (subject to hydrolysis) is 1. The number of halogens is 1. The van der Waals surface area contributed by atoms with Crippen molar-refractivity contribution in [3.8, 4) is 5.75 Å². The van der Waals surface area contributed by atoms with E-state index < -0.39 is 53.7 Å². The number of methoxy groups -OCH3 is 2. The molecule has 7 atom stereocenters. The SMILES string of the molecule is CCCC(=O)O[C@@H]1CC(=O)N(C)c2cc(cc(OC)c2Cl)C/C(C)=C\C=C\[C@H](OC)[C@@]2(O)C[C@@H](OC(=O)N2)[C@H](C)[C@H]2O[C@]21C. The standard InChI is InChI=1S/C32H43ClN2O9/c1-8-10-27(37)43-25-16-26(36)35(5)21-14-20(15-22(40-6)28(21)33)13-18(2)11-9-12-24(41-7)32(39)17-23(42-30(38)34-32)19(3)29-31(25,4)44-29/h9,11-12,14-15,19,23-25,29,39H,8,10,13,16-17H2,1-7H3,(H,34,38)/b12-9+,18-11-/t19-,23+,24-,25+,29+,31-,32-/m0/s1. The van der Waals surface area contributed by atoms with Crippen LogP contribution in [0.15, 0.2) is 35.9 Å². The number of aliphatic hydroxyl groups is 1. The van der Waals surface area contributed by atoms with Gasteiger partial charge in [0.15, 0.2) is 5.72 Å². The van der Waals surface area contributed by atoms with E-state index in [2.05, 4.69) is 5.32 Å². The molecule has 2 N–H and O–H groups in total. The monoisotopic (exact) mass is 634 g/mol. The Morgan fingerprint density at radius 1 is 1.27 bits per heavy atom. The Morgan fingerprint density at radius 3 is 2.66 bits per heavy atom. The second-order valence-electron chi connectivity index (χ2n) is 12.0. The van der Waals surface area contributed by atoms with Crippen molar-refractivity contribution < 1.29 is 43.2 Å². The van der Waals surface area contributed by atoms with Crippen molar-refractivity contribution in [3.05, 3.63) is 46.5 Å². The smallest absolute Gasteiger partial charge is 0.409 e. The molecular weight excluding hydrogens is 592 g/mol. The number of hydrogen-bond donors (Lipinski definition) is 2. The summed E-state index contributed by atoms with van der Waals surface area (Å²) in [6.45, 7) is 7.41. The zero-order valence-electron chi connectivity index (χ0n) is 26.3. The van der Waals surface area contributed by atoms with E-state index in [-0.39, 0.29) is 30.2 Å². The van der Waals surface area contributed by atoms with Crippen LogP contribution >= 0.6 is 11.6 Å². The molecule has 1 aromatic carbocycles. The molecule has 0 radical (unpaired) electrons. The summed E-state index contributed by atoms with van der Waals surface area (Å²) in [5, 5.41) is 14.4. The summed E-state index contributed by atoms with van der Waals surface area (Å²) >= 11 is 6.68. The van der Waals surface area contributed by atoms with Crippen molar-refractivity contribution in [2.45, 2.75) is 95.5 Å². The summed E-state index contributed by atoms with van der Waals surface area (Å²) in [6.07, 6.45) is 2.47. The number of carbonyl (C=O) groups excluding carboxylic acids is 3. The molecule has 4 rings (SSSR count). The summed E-state index contributed by atoms with van der Waals surface area (Å²) in [4.78, 5) is 40.6. The number of anilines is 1. The molecule has 3 heterocycles. The first-order valence-electron chi connectivity index (χ1n) is 14.8. The fraction of sp³-hybridized carbons (Fsp3) is 0.594. The highest BCUT2D eigenvalue weighted by atomic mass is 35.5. The highest BCUT2D eigenvalue weighted by molar-refractivity contribution is 6.35. The number of epoxide rings is 1. The number of nitrogens with one attached hydrogen (secondary N) is 1. The van der Waals surface area contributed by atoms with Crippen molar-refractivity contribution >= 4 is 35.3 Å². The van der Waals surface area contributed by atoms with Crippen LogP contribution in [0.3, 0.4) is 0 Å². The number of allylic oxidation sites excluding steroid dienone is 3. The fourth-order valence-electron chi connectivity index (χ4n) is 6.03. The Labute approximate surface area is 263 Å². The van der Waals surface area contributed by atoms with E-state index in [9.17, 15) is 19.5 Å². The number of hydrogen-bond acceptors (Lipinski definition) is 9. The minimum atomic E-state index is -1.76. The van der Waals surface area contributed by atoms with Gasteiger partial charge in [-0.3, -0.25) is 14.9 Å². The molecule has 0 aromatic heterocycles. The van der Waals surface area contributed by atoms with Gasteiger partial charge in [0.25, 0.3) is 0 Å². The number of amides is 2. The summed E-state index contributed by atoms with van der Waals surface area (Å²) in [6, 6.07) is 3.64. The first kappa shape index (κ1) is 33.8. The molecule has 2 fully saturated rings. The molecule has 1 aromatic rings. The van der Waals surface area contributed by atoms with E-state index in [0.717, 1.165) is 11.1 Å². The molecule has 2 saturated heterocycles. The van der Waals surface area contributed by atoms with Gasteiger partial charge in [-0.25, -0.2) is 4.79 Å². The molecule has 3 aliphatic rings. The number of nitrogens with zero attached hydrogens (tertiary/aromatic N) is 1. The number of carbonyl (C=O) groups is 3. The van der Waals surface area contributed by atoms with Crippen LogP contribution in [-0.2, 0) is 35.0 Å². The Balaban J connectivity index is 1.79. The van der Waals surface area contributed by atoms with Gasteiger partial charge in [-0.05, 0) is 44.4 Å². The molecule has 11 nitrogen and oxygen atoms in total. The number of fused-ring (bicyclic) bond motifs is 5. The highest BCUT2D eigenvalue weighted by Crippen LogP contribution is 2.49. The van der Waals surface area contributed by atoms with Gasteiger partial charge in [-0.1, -0.05) is 49.2 Å². The van der Waals surface area contributed by atoms with Crippen molar-refractivity contribution in [2.24, 2.45) is 5.92 Å². The van der Waals surface area contributed by atoms with Crippen LogP contribution < -0.4 is 15.0 Å². The zero-order chi connectivity index (χ0) is 32.4. The van der Waals surface area contributed by atoms with E-state index >= 15 is 0 Å². The van der Waals surface area contributed by atoms with Gasteiger partial charge >= 0.3 is 12.1 Å². The second kappa shape index (κ2) is 13.5. The average molecular weight is 635 g/mol. The first-order chi connectivity index (χ1) is 20.8. The maximum Gasteiger partial charge on any atom is 0.409 e. The molecule has 0 saturated carbocycles. The predicted octanol–water partition coefficient (Wildman–Crippen LogP) is 4.47. The second-order valence-corrected chi connectivity index (χ2v) is 12.4. The lowest BCUT2D eigenvalue weighted by atomic mass is 9.83. The van der Waals surface area contributed by atoms with Crippen molar-refractivity contribution in [1.29, 1.82) is 0 Å². The maximum absolute atomic E-state index is 13.8. The van der Waals surface area contributed by atoms with Gasteiger partial charge in [0.2, 0.25) is 5.91 Å². The van der Waals surface area contributed by atoms with E-state index in [4.69, 9.17) is 35.3 Å². The maximum atomic E-state index is 13.8. The molecule has 4 bridgehead atoms. The molecule has 2 amide bonds. The Morgan fingerprint density at radius 2 is 2.00 bits per heavy atom. The lowest BCUT2D eigenvalue weighted by molar-refractivity contribution is -0.153. The van der Waals surface area contributed by atoms with Gasteiger partial charge in [0, 0.05) is 32.9 Å². The number of rotatable bonds is 5. The van der Waals surface area contributed by atoms with Crippen molar-refractivity contribution in [3.63, 3.8) is 0 Å². The molecular formula is C32H43ClN2O9. The zero-order valence-corrected chi connectivity index (χ0v) is 27.1. The van der Waals surface area contributed by atoms with Gasteiger partial charge in [0.1, 0.15) is 34.7 Å². The predicted molar refractivity (Wildman–Crippen MR) is 164 cm³/mol. The Kier molecular flexibility index (Phi) is 10.3. The third kappa shape index (κ3) is 7.06. The van der Waals surface area contributed by atoms with E-state index in [1.165, 1.54) is 19.1 Å². The number of benzene rings is 1. The summed E-state index contributed by atoms with van der Waals surface area (Å²) in [5.41, 5.74) is -0.561. The summed E-state index contributed by atoms with van der Waals surface area (Å²) in [7, 11) is 4.57. The van der Waals surface area contributed by atoms with Gasteiger partial charge in [0.05, 0.1) is 25.3 Å². The van der Waals surface area contributed by atoms with Crippen LogP contribution in [0, 0.1) is 5.92 Å². The fourth-order valence-corrected chi connectivity index (χ4v) is 6.34. The first-order valence-corrected chi connectivity index (χ1v) is 15.2. The molecule has 0 unspecified atom stereocenters. The molecule has 3 aliphatic heterocycles. The van der Waals surface area contributed by atoms with Crippen LogP contribution in [0.25, 0.3) is 0 Å². The molecule has 0 spiro atoms. The van der Waals surface area contributed by atoms with E-state index in [1.807, 2.05) is 39.0 Å². The van der Waals surface area contributed by atoms with Crippen LogP contribution in [0.2, 0.25) is 5.02 Å². The van der Waals surface area contributed by atoms with Crippen molar-refractivity contribution in [1.82, 2.24) is 5.32 Å². The molecule has 44 heavy (non-hydrogen) atoms. The summed E-state index contributed by atoms with van der Waals surface area (Å²) < 4.78 is 28.8. The third-order valence-electron chi connectivity index (χ3n) is 8.68. The highest BCUT2D eigenvalue weighted by Gasteiger charge is 2.64. The topological polar surface area (TPSA) is 136 Å². The van der Waals surface area contributed by atoms with Gasteiger partial charge < -0.3 is 33.7 Å². The number of esters is 1. The molecule has 242 valence electrons. The quantitative estimate of drug-likeness (QED) is 0.355. The largest absolute Gasteiger partial charge is 0.495 e. The lowest BCUT2D eigenvalue weighted by Gasteiger charge is -2.42. The molecule has 12 heteroatoms. The minimum Gasteiger partial charge on any atom is -0.495 e. The van der Waals surface area contributed by atoms with E-state index in [1.54, 1.807) is 26.1 Å². The van der Waals surface area contributed by atoms with Crippen LogP contribution in [0.1, 0.15) is 58.9 Å². The van der Waals surface area contributed by atoms with Gasteiger partial charge in [-0.15, -0.1) is 0 Å². The van der Waals surface area contributed by atoms with Crippen LogP contribution in [0.4, 0.5) is 10.5 Å². The normalized spacial score (nSPS) is 34.5. The van der Waals surface area contributed by atoms with E-state index in [0.29, 0.717) is 24.3 Å².